The molecule has 0 bridgehead atoms. The first-order valence-electron chi connectivity index (χ1n) is 37.8. The van der Waals surface area contributed by atoms with Crippen molar-refractivity contribution in [3.8, 4) is 45.9 Å². The Bertz CT molecular complexity index is 4590. The third-order valence-electron chi connectivity index (χ3n) is 19.8. The molecule has 22 heteroatoms. The van der Waals surface area contributed by atoms with E-state index in [-0.39, 0.29) is 47.8 Å². The van der Waals surface area contributed by atoms with Crippen LogP contribution in [0.25, 0.3) is 22.3 Å². The highest BCUT2D eigenvalue weighted by molar-refractivity contribution is 5.98. The molecule has 4 fully saturated rings. The van der Waals surface area contributed by atoms with E-state index in [1.54, 1.807) is 77.1 Å². The van der Waals surface area contributed by atoms with Crippen LogP contribution >= 0.6 is 0 Å². The van der Waals surface area contributed by atoms with Gasteiger partial charge in [-0.25, -0.2) is 14.4 Å². The SMILES string of the molecule is CC(C)(C)N(C(=O)O)C1CCN(C(=O)c2cccc(-c3ccc(NC(=O)NCCc4cccnc4)cc3C#Cc3ccc(C(=O)NCCN4CCCCC4)cc3)c2)C1.NC1CCN(C(=O)c2cccc(-c3ccc(NC(=O)NCCc4cccnc4)cc3C#Cc3ccc(C(=O)NCCN4CCCCC4)cc3)c2)C1. The van der Waals surface area contributed by atoms with Gasteiger partial charge in [0.05, 0.1) is 6.04 Å². The summed E-state index contributed by atoms with van der Waals surface area (Å²) in [4.78, 5) is 109. The van der Waals surface area contributed by atoms with Crippen molar-refractivity contribution in [1.29, 1.82) is 0 Å². The number of urea groups is 2. The summed E-state index contributed by atoms with van der Waals surface area (Å²) in [5, 5.41) is 27.6. The highest BCUT2D eigenvalue weighted by Gasteiger charge is 2.39. The minimum absolute atomic E-state index is 0.000472. The van der Waals surface area contributed by atoms with Crippen molar-refractivity contribution < 1.29 is 38.7 Å². The number of rotatable bonds is 21. The van der Waals surface area contributed by atoms with Crippen molar-refractivity contribution in [1.82, 2.24) is 55.7 Å². The molecule has 2 atom stereocenters. The molecule has 6 heterocycles. The van der Waals surface area contributed by atoms with Crippen LogP contribution in [0.5, 0.6) is 0 Å². The van der Waals surface area contributed by atoms with Gasteiger partial charge in [-0.05, 0) is 241 Å². The third-order valence-corrected chi connectivity index (χ3v) is 19.8. The number of nitrogens with one attached hydrogen (secondary N) is 6. The standard InChI is InChI=1S/C46H53N7O5.C41H45N7O3/c1-46(2,3)53(45(57)58)40-21-27-52(32-40)43(55)38-11-7-10-36(29-38)41-19-18-39(50-44(56)49-23-20-34-9-8-22-47-31-34)30-37(41)17-14-33-12-15-35(16-13-33)42(54)48-24-28-51-25-5-4-6-26-51;42-36-18-24-48(29-36)40(50)35-8-4-7-33(26-35)38-16-15-37(46-41(51)45-20-17-31-6-5-19-43-28-31)27-34(38)14-11-30-9-12-32(13-10-30)39(49)44-21-25-47-22-2-1-3-23-47/h7-13,15-16,18-19,22,29-31,40H,4-6,20-21,23-28,32H2,1-3H3,(H,48,54)(H,57,58)(H2,49,50,56);4-10,12-13,15-16,19,26-28,36H,1-3,17-18,20-25,29,42H2,(H,44,49)(H2,45,46,51). The van der Waals surface area contributed by atoms with Crippen LogP contribution in [0.2, 0.25) is 0 Å². The van der Waals surface area contributed by atoms with Crippen LogP contribution in [0.4, 0.5) is 25.8 Å². The van der Waals surface area contributed by atoms with Gasteiger partial charge in [0.2, 0.25) is 0 Å². The lowest BCUT2D eigenvalue weighted by atomic mass is 9.97. The van der Waals surface area contributed by atoms with Gasteiger partial charge in [0.15, 0.2) is 0 Å². The Labute approximate surface area is 639 Å². The third kappa shape index (κ3) is 23.2. The van der Waals surface area contributed by atoms with Gasteiger partial charge < -0.3 is 62.3 Å². The average Bonchev–Trinajstić information content (AvgIpc) is 1.77. The van der Waals surface area contributed by atoms with Gasteiger partial charge in [-0.3, -0.25) is 34.0 Å². The molecule has 9 N–H and O–H groups in total. The van der Waals surface area contributed by atoms with Crippen LogP contribution in [-0.4, -0.2) is 191 Å². The summed E-state index contributed by atoms with van der Waals surface area (Å²) in [7, 11) is 0. The summed E-state index contributed by atoms with van der Waals surface area (Å²) in [6.07, 6.45) is 16.1. The van der Waals surface area contributed by atoms with E-state index in [0.717, 1.165) is 84.6 Å². The van der Waals surface area contributed by atoms with Crippen molar-refractivity contribution in [3.63, 3.8) is 0 Å². The predicted octanol–water partition coefficient (Wildman–Crippen LogP) is 11.6. The number of aromatic nitrogens is 2. The maximum atomic E-state index is 13.8. The van der Waals surface area contributed by atoms with Crippen LogP contribution in [0, 0.1) is 23.7 Å². The number of hydrogen-bond donors (Lipinski definition) is 8. The lowest BCUT2D eigenvalue weighted by molar-refractivity contribution is 0.0649. The molecule has 22 nitrogen and oxygen atoms in total. The van der Waals surface area contributed by atoms with E-state index in [9.17, 15) is 38.7 Å². The number of pyridine rings is 2. The van der Waals surface area contributed by atoms with Gasteiger partial charge in [0.1, 0.15) is 0 Å². The number of amides is 9. The van der Waals surface area contributed by atoms with Gasteiger partial charge in [0.25, 0.3) is 23.6 Å². The number of nitrogens with two attached hydrogens (primary N) is 1. The number of carboxylic acid groups (broad SMARTS) is 1. The van der Waals surface area contributed by atoms with Gasteiger partial charge >= 0.3 is 18.2 Å². The van der Waals surface area contributed by atoms with E-state index in [1.807, 2.05) is 136 Å². The second-order valence-corrected chi connectivity index (χ2v) is 29.0. The molecule has 564 valence electrons. The van der Waals surface area contributed by atoms with Crippen molar-refractivity contribution in [2.75, 3.05) is 102 Å². The van der Waals surface area contributed by atoms with Crippen LogP contribution < -0.4 is 37.6 Å². The number of likely N-dealkylation sites (tertiary alicyclic amines) is 4. The lowest BCUT2D eigenvalue weighted by Gasteiger charge is -2.37. The lowest BCUT2D eigenvalue weighted by Crippen LogP contribution is -2.52. The zero-order valence-electron chi connectivity index (χ0n) is 62.5. The van der Waals surface area contributed by atoms with E-state index in [4.69, 9.17) is 5.73 Å². The Morgan fingerprint density at radius 1 is 0.486 bits per heavy atom. The van der Waals surface area contributed by atoms with E-state index < -0.39 is 11.6 Å². The molecule has 4 aliphatic rings. The second-order valence-electron chi connectivity index (χ2n) is 29.0. The number of nitrogens with zero attached hydrogens (tertiary/aromatic N) is 7. The normalized spacial score (nSPS) is 15.6. The fourth-order valence-electron chi connectivity index (χ4n) is 14.1. The van der Waals surface area contributed by atoms with E-state index in [0.29, 0.717) is 122 Å². The van der Waals surface area contributed by atoms with E-state index in [1.165, 1.54) is 43.4 Å². The summed E-state index contributed by atoms with van der Waals surface area (Å²) >= 11 is 0. The molecule has 109 heavy (non-hydrogen) atoms. The molecule has 12 rings (SSSR count). The second kappa shape index (κ2) is 38.7. The van der Waals surface area contributed by atoms with E-state index >= 15 is 0 Å². The fraction of sp³-hybridized carbons (Fsp3) is 0.345. The van der Waals surface area contributed by atoms with Crippen LogP contribution in [0.15, 0.2) is 183 Å². The Balaban J connectivity index is 0.000000218. The van der Waals surface area contributed by atoms with Gasteiger partial charge in [-0.1, -0.05) is 85.1 Å². The van der Waals surface area contributed by atoms with Crippen molar-refractivity contribution in [3.05, 3.63) is 238 Å². The molecular formula is C87H98N14O8. The Kier molecular flexibility index (Phi) is 27.8. The number of anilines is 2. The Morgan fingerprint density at radius 2 is 0.936 bits per heavy atom. The summed E-state index contributed by atoms with van der Waals surface area (Å²) < 4.78 is 0. The van der Waals surface area contributed by atoms with Gasteiger partial charge in [-0.15, -0.1) is 0 Å². The molecule has 0 aliphatic carbocycles. The van der Waals surface area contributed by atoms with Crippen molar-refractivity contribution in [2.45, 2.75) is 103 Å². The number of hydrogen-bond acceptors (Lipinski definition) is 12. The first-order valence-corrected chi connectivity index (χ1v) is 37.8. The Morgan fingerprint density at radius 3 is 1.35 bits per heavy atom. The molecular weight excluding hydrogens is 1370 g/mol. The highest BCUT2D eigenvalue weighted by Crippen LogP contribution is 2.32. The molecule has 9 amide bonds. The van der Waals surface area contributed by atoms with Crippen LogP contribution in [0.3, 0.4) is 0 Å². The minimum atomic E-state index is -0.998. The first-order chi connectivity index (χ1) is 52.8. The molecule has 2 unspecified atom stereocenters. The van der Waals surface area contributed by atoms with Gasteiger partial charge in [0, 0.05) is 158 Å². The summed E-state index contributed by atoms with van der Waals surface area (Å²) in [6, 6.07) is 47.0. The maximum Gasteiger partial charge on any atom is 0.408 e. The number of carbonyl (C=O) groups excluding carboxylic acids is 6. The zero-order valence-corrected chi connectivity index (χ0v) is 62.5. The monoisotopic (exact) mass is 1470 g/mol. The summed E-state index contributed by atoms with van der Waals surface area (Å²) in [5.74, 6) is 12.6. The first kappa shape index (κ1) is 78.4. The van der Waals surface area contributed by atoms with Crippen LogP contribution in [0.1, 0.15) is 147 Å². The predicted molar refractivity (Wildman–Crippen MR) is 426 cm³/mol. The average molecular weight is 1470 g/mol. The zero-order chi connectivity index (χ0) is 76.5. The molecule has 0 radical (unpaired) electrons. The molecule has 0 saturated carbocycles. The number of piperidine rings is 2. The number of benzene rings is 6. The summed E-state index contributed by atoms with van der Waals surface area (Å²) in [6.45, 7) is 15.7. The summed E-state index contributed by atoms with van der Waals surface area (Å²) in [5.41, 5.74) is 16.8. The van der Waals surface area contributed by atoms with Crippen molar-refractivity contribution in [2.24, 2.45) is 5.73 Å². The topological polar surface area (TPSA) is 280 Å². The highest BCUT2D eigenvalue weighted by atomic mass is 16.4. The molecule has 4 saturated heterocycles. The van der Waals surface area contributed by atoms with Crippen molar-refractivity contribution >= 4 is 53.2 Å². The number of carbonyl (C=O) groups is 7. The fourth-order valence-corrected chi connectivity index (χ4v) is 14.1. The van der Waals surface area contributed by atoms with E-state index in [2.05, 4.69) is 75.4 Å². The molecule has 8 aromatic rings. The Hall–Kier alpha value is -11.7. The minimum Gasteiger partial charge on any atom is -0.465 e. The molecule has 2 aromatic heterocycles. The maximum absolute atomic E-state index is 13.8. The smallest absolute Gasteiger partial charge is 0.408 e. The quantitative estimate of drug-likeness (QED) is 0.0311. The molecule has 6 aromatic carbocycles. The molecule has 4 aliphatic heterocycles. The largest absolute Gasteiger partial charge is 0.465 e. The van der Waals surface area contributed by atoms with Crippen LogP contribution in [-0.2, 0) is 12.8 Å². The molecule has 0 spiro atoms. The van der Waals surface area contributed by atoms with Gasteiger partial charge in [-0.2, -0.15) is 0 Å².